The van der Waals surface area contributed by atoms with E-state index in [9.17, 15) is 9.59 Å². The van der Waals surface area contributed by atoms with E-state index in [1.54, 1.807) is 0 Å². The Balaban J connectivity index is 3.08. The van der Waals surface area contributed by atoms with E-state index in [4.69, 9.17) is 66.7 Å². The molecule has 0 rings (SSSR count). The maximum absolute atomic E-state index is 11.4. The fourth-order valence-corrected chi connectivity index (χ4v) is 3.74. The fraction of sp³-hybridized carbons (Fsp3) is 0.943. The molecule has 0 atom stereocenters. The molecule has 0 aliphatic heterocycles. The second kappa shape index (κ2) is 46.5. The van der Waals surface area contributed by atoms with Gasteiger partial charge in [0.05, 0.1) is 165 Å². The Bertz CT molecular complexity index is 741. The monoisotopic (exact) mass is 775 g/mol. The Hall–Kier alpha value is -1.62. The number of nitrogens with one attached hydrogen (secondary N) is 1. The van der Waals surface area contributed by atoms with E-state index < -0.39 is 18.5 Å². The van der Waals surface area contributed by atoms with Gasteiger partial charge in [0.1, 0.15) is 13.2 Å². The minimum atomic E-state index is -1.12. The first-order valence-corrected chi connectivity index (χ1v) is 18.7. The zero-order chi connectivity index (χ0) is 38.4. The van der Waals surface area contributed by atoms with Crippen molar-refractivity contribution in [2.24, 2.45) is 0 Å². The molecule has 0 aromatic carbocycles. The van der Waals surface area contributed by atoms with Crippen molar-refractivity contribution in [3.63, 3.8) is 0 Å². The Labute approximate surface area is 315 Å². The minimum absolute atomic E-state index is 0.299. The second-order valence-corrected chi connectivity index (χ2v) is 10.9. The SMILES string of the molecule is CCCCCOCCOCCOCCOCCOCCOCCOCCOCCOCCOCCOCCOCCOCCNC(=O)COCC(=O)O. The van der Waals surface area contributed by atoms with E-state index in [-0.39, 0.29) is 6.61 Å². The zero-order valence-corrected chi connectivity index (χ0v) is 32.1. The predicted molar refractivity (Wildman–Crippen MR) is 192 cm³/mol. The van der Waals surface area contributed by atoms with Crippen LogP contribution in [0.2, 0.25) is 0 Å². The van der Waals surface area contributed by atoms with Gasteiger partial charge in [-0.2, -0.15) is 0 Å². The van der Waals surface area contributed by atoms with Crippen LogP contribution in [0.4, 0.5) is 0 Å². The molecule has 0 aliphatic rings. The predicted octanol–water partition coefficient (Wildman–Crippen LogP) is 0.610. The van der Waals surface area contributed by atoms with Crippen molar-refractivity contribution < 1.29 is 81.0 Å². The molecule has 0 aromatic heterocycles. The van der Waals surface area contributed by atoms with Crippen molar-refractivity contribution in [3.8, 4) is 0 Å². The van der Waals surface area contributed by atoms with Gasteiger partial charge >= 0.3 is 5.97 Å². The van der Waals surface area contributed by atoms with Crippen molar-refractivity contribution in [3.05, 3.63) is 0 Å². The normalized spacial score (nSPS) is 11.4. The van der Waals surface area contributed by atoms with Crippen LogP contribution in [0.15, 0.2) is 0 Å². The molecule has 316 valence electrons. The highest BCUT2D eigenvalue weighted by molar-refractivity contribution is 5.77. The molecular formula is C35H69NO17. The van der Waals surface area contributed by atoms with Gasteiger partial charge in [-0.1, -0.05) is 19.8 Å². The van der Waals surface area contributed by atoms with Gasteiger partial charge < -0.3 is 76.7 Å². The summed E-state index contributed by atoms with van der Waals surface area (Å²) in [5, 5.41) is 11.0. The van der Waals surface area contributed by atoms with Crippen molar-refractivity contribution >= 4 is 11.9 Å². The van der Waals surface area contributed by atoms with Gasteiger partial charge in [0.15, 0.2) is 0 Å². The number of ether oxygens (including phenoxy) is 14. The van der Waals surface area contributed by atoms with Crippen LogP contribution < -0.4 is 5.32 Å². The van der Waals surface area contributed by atoms with Crippen LogP contribution in [0.25, 0.3) is 0 Å². The number of amides is 1. The number of carbonyl (C=O) groups excluding carboxylic acids is 1. The lowest BCUT2D eigenvalue weighted by Crippen LogP contribution is -2.31. The van der Waals surface area contributed by atoms with Crippen LogP contribution >= 0.6 is 0 Å². The summed E-state index contributed by atoms with van der Waals surface area (Å²) in [5.41, 5.74) is 0. The van der Waals surface area contributed by atoms with Crippen molar-refractivity contribution in [1.29, 1.82) is 0 Å². The first kappa shape index (κ1) is 51.4. The Morgan fingerprint density at radius 3 is 0.887 bits per heavy atom. The molecule has 0 heterocycles. The quantitative estimate of drug-likeness (QED) is 0.0816. The lowest BCUT2D eigenvalue weighted by Gasteiger charge is -2.09. The second-order valence-electron chi connectivity index (χ2n) is 10.9. The van der Waals surface area contributed by atoms with Crippen molar-refractivity contribution in [1.82, 2.24) is 5.32 Å². The molecule has 0 saturated heterocycles. The van der Waals surface area contributed by atoms with E-state index in [0.717, 1.165) is 13.0 Å². The molecule has 0 saturated carbocycles. The lowest BCUT2D eigenvalue weighted by molar-refractivity contribution is -0.143. The average Bonchev–Trinajstić information content (AvgIpc) is 3.15. The highest BCUT2D eigenvalue weighted by Gasteiger charge is 2.03. The van der Waals surface area contributed by atoms with E-state index in [1.807, 2.05) is 0 Å². The highest BCUT2D eigenvalue weighted by atomic mass is 16.6. The fourth-order valence-electron chi connectivity index (χ4n) is 3.74. The molecule has 0 radical (unpaired) electrons. The number of carboxylic acid groups (broad SMARTS) is 1. The summed E-state index contributed by atoms with van der Waals surface area (Å²) >= 11 is 0. The third-order valence-corrected chi connectivity index (χ3v) is 6.38. The first-order valence-electron chi connectivity index (χ1n) is 18.7. The zero-order valence-electron chi connectivity index (χ0n) is 32.1. The van der Waals surface area contributed by atoms with Gasteiger partial charge in [-0.05, 0) is 6.42 Å². The van der Waals surface area contributed by atoms with Gasteiger partial charge in [-0.3, -0.25) is 4.79 Å². The molecule has 0 fully saturated rings. The van der Waals surface area contributed by atoms with E-state index in [1.165, 1.54) is 12.8 Å². The number of carboxylic acids is 1. The Morgan fingerprint density at radius 1 is 0.358 bits per heavy atom. The van der Waals surface area contributed by atoms with Crippen LogP contribution in [0.3, 0.4) is 0 Å². The minimum Gasteiger partial charge on any atom is -0.480 e. The molecule has 0 bridgehead atoms. The lowest BCUT2D eigenvalue weighted by atomic mass is 10.3. The Morgan fingerprint density at radius 2 is 0.623 bits per heavy atom. The summed E-state index contributed by atoms with van der Waals surface area (Å²) in [5.74, 6) is -1.52. The molecule has 0 aliphatic carbocycles. The van der Waals surface area contributed by atoms with Gasteiger partial charge in [-0.15, -0.1) is 0 Å². The summed E-state index contributed by atoms with van der Waals surface area (Å²) in [4.78, 5) is 21.7. The van der Waals surface area contributed by atoms with E-state index in [2.05, 4.69) is 17.0 Å². The molecule has 0 unspecified atom stereocenters. The molecule has 18 heteroatoms. The summed E-state index contributed by atoms with van der Waals surface area (Å²) < 4.78 is 75.6. The third kappa shape index (κ3) is 48.4. The number of rotatable bonds is 47. The number of aliphatic carboxylic acids is 1. The van der Waals surface area contributed by atoms with Crippen LogP contribution in [-0.2, 0) is 75.9 Å². The van der Waals surface area contributed by atoms with Gasteiger partial charge in [-0.25, -0.2) is 4.79 Å². The molecule has 1 amide bonds. The average molecular weight is 776 g/mol. The number of carbonyl (C=O) groups is 2. The number of unbranched alkanes of at least 4 members (excludes halogenated alkanes) is 2. The molecular weight excluding hydrogens is 706 g/mol. The smallest absolute Gasteiger partial charge is 0.329 e. The van der Waals surface area contributed by atoms with E-state index >= 15 is 0 Å². The highest BCUT2D eigenvalue weighted by Crippen LogP contribution is 1.94. The summed E-state index contributed by atoms with van der Waals surface area (Å²) in [6, 6.07) is 0. The van der Waals surface area contributed by atoms with Gasteiger partial charge in [0.2, 0.25) is 5.91 Å². The topological polar surface area (TPSA) is 196 Å². The van der Waals surface area contributed by atoms with Crippen molar-refractivity contribution in [2.75, 3.05) is 192 Å². The maximum atomic E-state index is 11.4. The summed E-state index contributed by atoms with van der Waals surface area (Å²) in [6.45, 7) is 14.6. The van der Waals surface area contributed by atoms with Crippen LogP contribution in [0.5, 0.6) is 0 Å². The summed E-state index contributed by atoms with van der Waals surface area (Å²) in [7, 11) is 0. The third-order valence-electron chi connectivity index (χ3n) is 6.38. The van der Waals surface area contributed by atoms with Gasteiger partial charge in [0, 0.05) is 13.2 Å². The Kier molecular flexibility index (Phi) is 45.1. The first-order chi connectivity index (χ1) is 26.2. The van der Waals surface area contributed by atoms with Crippen molar-refractivity contribution in [2.45, 2.75) is 26.2 Å². The standard InChI is InChI=1S/C35H69NO17/c1-2-3-4-6-40-8-10-42-12-14-44-16-18-46-20-22-48-24-26-50-28-30-52-31-29-51-27-25-49-23-21-47-19-17-45-15-13-43-11-9-41-7-5-36-34(37)32-53-33-35(38)39/h2-33H2,1H3,(H,36,37)(H,38,39). The molecule has 0 spiro atoms. The molecule has 18 nitrogen and oxygen atoms in total. The number of hydrogen-bond donors (Lipinski definition) is 2. The number of hydrogen-bond acceptors (Lipinski definition) is 16. The van der Waals surface area contributed by atoms with E-state index in [0.29, 0.717) is 172 Å². The van der Waals surface area contributed by atoms with Gasteiger partial charge in [0.25, 0.3) is 0 Å². The molecule has 2 N–H and O–H groups in total. The maximum Gasteiger partial charge on any atom is 0.329 e. The van der Waals surface area contributed by atoms with Crippen LogP contribution in [0.1, 0.15) is 26.2 Å². The molecule has 53 heavy (non-hydrogen) atoms. The largest absolute Gasteiger partial charge is 0.480 e. The van der Waals surface area contributed by atoms with Crippen LogP contribution in [-0.4, -0.2) is 209 Å². The molecule has 0 aromatic rings. The van der Waals surface area contributed by atoms with Crippen LogP contribution in [0, 0.1) is 0 Å². The summed E-state index contributed by atoms with van der Waals surface area (Å²) in [6.07, 6.45) is 3.52.